The maximum absolute atomic E-state index is 12.9. The van der Waals surface area contributed by atoms with Gasteiger partial charge in [-0.3, -0.25) is 4.68 Å². The number of anilines is 2. The Kier molecular flexibility index (Phi) is 5.31. The largest absolute Gasteiger partial charge is 0.332 e. The van der Waals surface area contributed by atoms with Crippen LogP contribution in [-0.4, -0.2) is 14.9 Å². The second kappa shape index (κ2) is 7.63. The van der Waals surface area contributed by atoms with Gasteiger partial charge in [-0.05, 0) is 54.5 Å². The molecule has 128 valence electrons. The van der Waals surface area contributed by atoms with E-state index in [1.165, 1.54) is 12.1 Å². The summed E-state index contributed by atoms with van der Waals surface area (Å²) < 4.78 is 14.7. The van der Waals surface area contributed by atoms with Gasteiger partial charge in [0.15, 0.2) is 10.9 Å². The molecular weight excluding hydrogens is 359 g/mol. The summed E-state index contributed by atoms with van der Waals surface area (Å²) >= 11 is 11.4. The number of aryl methyl sites for hydroxylation is 1. The molecule has 2 aromatic carbocycles. The van der Waals surface area contributed by atoms with Crippen molar-refractivity contribution in [2.45, 2.75) is 13.5 Å². The molecule has 3 rings (SSSR count). The van der Waals surface area contributed by atoms with E-state index in [9.17, 15) is 4.39 Å². The third-order valence-electron chi connectivity index (χ3n) is 3.57. The lowest BCUT2D eigenvalue weighted by Gasteiger charge is -2.09. The molecule has 0 fully saturated rings. The van der Waals surface area contributed by atoms with Crippen LogP contribution in [0.4, 0.5) is 15.9 Å². The van der Waals surface area contributed by atoms with E-state index in [1.807, 2.05) is 37.4 Å². The number of hydrogen-bond donors (Lipinski definition) is 2. The van der Waals surface area contributed by atoms with Gasteiger partial charge in [0.2, 0.25) is 0 Å². The monoisotopic (exact) mass is 374 g/mol. The summed E-state index contributed by atoms with van der Waals surface area (Å²) in [5, 5.41) is 11.6. The smallest absolute Gasteiger partial charge is 0.176 e. The highest BCUT2D eigenvalue weighted by Gasteiger charge is 2.04. The van der Waals surface area contributed by atoms with Crippen LogP contribution in [-0.2, 0) is 6.54 Å². The van der Waals surface area contributed by atoms with Gasteiger partial charge >= 0.3 is 0 Å². The molecule has 0 aliphatic heterocycles. The van der Waals surface area contributed by atoms with Gasteiger partial charge in [0.1, 0.15) is 5.82 Å². The van der Waals surface area contributed by atoms with Gasteiger partial charge in [0.05, 0.1) is 6.54 Å². The van der Waals surface area contributed by atoms with Gasteiger partial charge in [-0.25, -0.2) is 4.39 Å². The molecule has 25 heavy (non-hydrogen) atoms. The highest BCUT2D eigenvalue weighted by molar-refractivity contribution is 7.80. The maximum atomic E-state index is 12.9. The predicted octanol–water partition coefficient (Wildman–Crippen LogP) is 4.84. The van der Waals surface area contributed by atoms with Crippen LogP contribution in [0.5, 0.6) is 0 Å². The number of aromatic nitrogens is 2. The molecule has 4 nitrogen and oxygen atoms in total. The van der Waals surface area contributed by atoms with E-state index in [0.29, 0.717) is 22.5 Å². The van der Waals surface area contributed by atoms with Crippen molar-refractivity contribution in [2.75, 3.05) is 10.6 Å². The number of nitrogens with zero attached hydrogens (tertiary/aromatic N) is 2. The minimum Gasteiger partial charge on any atom is -0.332 e. The average molecular weight is 375 g/mol. The van der Waals surface area contributed by atoms with Crippen molar-refractivity contribution in [1.82, 2.24) is 9.78 Å². The molecule has 1 heterocycles. The van der Waals surface area contributed by atoms with Gasteiger partial charge in [-0.1, -0.05) is 29.8 Å². The van der Waals surface area contributed by atoms with Gasteiger partial charge < -0.3 is 10.6 Å². The molecule has 2 N–H and O–H groups in total. The summed E-state index contributed by atoms with van der Waals surface area (Å²) in [5.41, 5.74) is 2.77. The zero-order chi connectivity index (χ0) is 17.8. The van der Waals surface area contributed by atoms with Crippen LogP contribution in [0.3, 0.4) is 0 Å². The second-order valence-electron chi connectivity index (χ2n) is 5.57. The Morgan fingerprint density at radius 2 is 1.92 bits per heavy atom. The Morgan fingerprint density at radius 3 is 2.64 bits per heavy atom. The molecule has 0 bridgehead atoms. The third kappa shape index (κ3) is 4.78. The van der Waals surface area contributed by atoms with Crippen molar-refractivity contribution in [3.05, 3.63) is 76.7 Å². The Labute approximate surface area is 155 Å². The van der Waals surface area contributed by atoms with E-state index in [2.05, 4.69) is 15.7 Å². The molecule has 0 saturated heterocycles. The van der Waals surface area contributed by atoms with Gasteiger partial charge in [-0.2, -0.15) is 5.10 Å². The Balaban J connectivity index is 1.59. The van der Waals surface area contributed by atoms with Crippen molar-refractivity contribution < 1.29 is 4.39 Å². The van der Waals surface area contributed by atoms with Crippen molar-refractivity contribution >= 4 is 40.4 Å². The van der Waals surface area contributed by atoms with Crippen LogP contribution in [0.25, 0.3) is 0 Å². The van der Waals surface area contributed by atoms with Gasteiger partial charge in [-0.15, -0.1) is 0 Å². The molecule has 0 saturated carbocycles. The lowest BCUT2D eigenvalue weighted by molar-refractivity contribution is 0.624. The van der Waals surface area contributed by atoms with Gasteiger partial charge in [0, 0.05) is 23.0 Å². The SMILES string of the molecule is Cc1ccc(NC(=S)Nc2ccn(Cc3ccc(F)cc3)n2)cc1Cl. The normalized spacial score (nSPS) is 10.5. The van der Waals surface area contributed by atoms with E-state index in [-0.39, 0.29) is 5.82 Å². The quantitative estimate of drug-likeness (QED) is 0.641. The molecule has 7 heteroatoms. The summed E-state index contributed by atoms with van der Waals surface area (Å²) in [7, 11) is 0. The lowest BCUT2D eigenvalue weighted by Crippen LogP contribution is -2.19. The van der Waals surface area contributed by atoms with Crippen molar-refractivity contribution in [3.63, 3.8) is 0 Å². The zero-order valence-electron chi connectivity index (χ0n) is 13.5. The first kappa shape index (κ1) is 17.4. The predicted molar refractivity (Wildman–Crippen MR) is 104 cm³/mol. The fraction of sp³-hybridized carbons (Fsp3) is 0.111. The van der Waals surface area contributed by atoms with Crippen LogP contribution in [0.2, 0.25) is 5.02 Å². The first-order valence-electron chi connectivity index (χ1n) is 7.62. The zero-order valence-corrected chi connectivity index (χ0v) is 15.0. The van der Waals surface area contributed by atoms with Crippen LogP contribution in [0.1, 0.15) is 11.1 Å². The first-order chi connectivity index (χ1) is 12.0. The highest BCUT2D eigenvalue weighted by Crippen LogP contribution is 2.20. The molecule has 0 aliphatic carbocycles. The molecule has 0 atom stereocenters. The molecule has 1 aromatic heterocycles. The standard InChI is InChI=1S/C18H16ClFN4S/c1-12-2-7-15(10-16(12)19)21-18(25)22-17-8-9-24(23-17)11-13-3-5-14(20)6-4-13/h2-10H,11H2,1H3,(H2,21,22,23,25). The summed E-state index contributed by atoms with van der Waals surface area (Å²) in [6.45, 7) is 2.49. The maximum Gasteiger partial charge on any atom is 0.176 e. The fourth-order valence-electron chi connectivity index (χ4n) is 2.24. The minimum atomic E-state index is -0.251. The fourth-order valence-corrected chi connectivity index (χ4v) is 2.65. The topological polar surface area (TPSA) is 41.9 Å². The minimum absolute atomic E-state index is 0.251. The Bertz CT molecular complexity index is 892. The number of benzene rings is 2. The van der Waals surface area contributed by atoms with E-state index >= 15 is 0 Å². The van der Waals surface area contributed by atoms with Gasteiger partial charge in [0.25, 0.3) is 0 Å². The lowest BCUT2D eigenvalue weighted by atomic mass is 10.2. The summed E-state index contributed by atoms with van der Waals surface area (Å²) in [6.07, 6.45) is 1.83. The number of nitrogens with one attached hydrogen (secondary N) is 2. The Hall–Kier alpha value is -2.44. The molecule has 0 radical (unpaired) electrons. The summed E-state index contributed by atoms with van der Waals surface area (Å²) in [6, 6.07) is 13.8. The number of rotatable bonds is 4. The second-order valence-corrected chi connectivity index (χ2v) is 6.38. The van der Waals surface area contributed by atoms with Crippen molar-refractivity contribution in [3.8, 4) is 0 Å². The van der Waals surface area contributed by atoms with Crippen LogP contribution in [0, 0.1) is 12.7 Å². The number of halogens is 2. The Morgan fingerprint density at radius 1 is 1.16 bits per heavy atom. The highest BCUT2D eigenvalue weighted by atomic mass is 35.5. The molecule has 3 aromatic rings. The van der Waals surface area contributed by atoms with Crippen molar-refractivity contribution in [2.24, 2.45) is 0 Å². The first-order valence-corrected chi connectivity index (χ1v) is 8.40. The van der Waals surface area contributed by atoms with Crippen LogP contribution < -0.4 is 10.6 Å². The van der Waals surface area contributed by atoms with E-state index in [1.54, 1.807) is 16.8 Å². The average Bonchev–Trinajstić information content (AvgIpc) is 3.00. The molecular formula is C18H16ClFN4S. The summed E-state index contributed by atoms with van der Waals surface area (Å²) in [4.78, 5) is 0. The molecule has 0 aliphatic rings. The molecule has 0 amide bonds. The van der Waals surface area contributed by atoms with E-state index in [0.717, 1.165) is 16.8 Å². The van der Waals surface area contributed by atoms with E-state index < -0.39 is 0 Å². The number of hydrogen-bond acceptors (Lipinski definition) is 2. The molecule has 0 spiro atoms. The van der Waals surface area contributed by atoms with Crippen molar-refractivity contribution in [1.29, 1.82) is 0 Å². The summed E-state index contributed by atoms with van der Waals surface area (Å²) in [5.74, 6) is 0.372. The van der Waals surface area contributed by atoms with Crippen LogP contribution in [0.15, 0.2) is 54.7 Å². The van der Waals surface area contributed by atoms with E-state index in [4.69, 9.17) is 23.8 Å². The number of thiocarbonyl (C=S) groups is 1. The molecule has 0 unspecified atom stereocenters. The third-order valence-corrected chi connectivity index (χ3v) is 4.18. The van der Waals surface area contributed by atoms with Crippen LogP contribution >= 0.6 is 23.8 Å².